The lowest BCUT2D eigenvalue weighted by atomic mass is 9.80. The Bertz CT molecular complexity index is 308. The molecule has 3 nitrogen and oxygen atoms in total. The van der Waals surface area contributed by atoms with Gasteiger partial charge in [-0.2, -0.15) is 5.26 Å². The molecule has 90 valence electrons. The van der Waals surface area contributed by atoms with Gasteiger partial charge in [0.15, 0.2) is 0 Å². The van der Waals surface area contributed by atoms with Crippen molar-refractivity contribution < 1.29 is 9.53 Å². The standard InChI is InChI=1S/C13H21NO2/c1-9(6-8-14)12-5-7-13(4,10(12)2)16-11(3)15/h9-10,12H,5-7H2,1-4H3. The van der Waals surface area contributed by atoms with E-state index < -0.39 is 0 Å². The van der Waals surface area contributed by atoms with E-state index in [1.807, 2.05) is 6.92 Å². The quantitative estimate of drug-likeness (QED) is 0.691. The summed E-state index contributed by atoms with van der Waals surface area (Å²) in [5.74, 6) is 1.00. The van der Waals surface area contributed by atoms with Crippen LogP contribution in [0.5, 0.6) is 0 Å². The van der Waals surface area contributed by atoms with Crippen LogP contribution in [0.15, 0.2) is 0 Å². The molecule has 16 heavy (non-hydrogen) atoms. The highest BCUT2D eigenvalue weighted by Gasteiger charge is 2.46. The number of hydrogen-bond acceptors (Lipinski definition) is 3. The van der Waals surface area contributed by atoms with Gasteiger partial charge in [-0.3, -0.25) is 4.79 Å². The molecular weight excluding hydrogens is 202 g/mol. The lowest BCUT2D eigenvalue weighted by Gasteiger charge is -2.32. The first-order chi connectivity index (χ1) is 7.40. The Balaban J connectivity index is 2.69. The maximum absolute atomic E-state index is 11.1. The Kier molecular flexibility index (Phi) is 3.96. The molecule has 0 aromatic carbocycles. The molecule has 0 heterocycles. The summed E-state index contributed by atoms with van der Waals surface area (Å²) in [4.78, 5) is 11.1. The van der Waals surface area contributed by atoms with Gasteiger partial charge in [-0.1, -0.05) is 13.8 Å². The van der Waals surface area contributed by atoms with E-state index in [9.17, 15) is 4.79 Å². The normalized spacial score (nSPS) is 35.4. The minimum Gasteiger partial charge on any atom is -0.459 e. The van der Waals surface area contributed by atoms with Crippen LogP contribution >= 0.6 is 0 Å². The largest absolute Gasteiger partial charge is 0.459 e. The van der Waals surface area contributed by atoms with E-state index in [-0.39, 0.29) is 11.6 Å². The van der Waals surface area contributed by atoms with Crippen molar-refractivity contribution in [1.29, 1.82) is 5.26 Å². The molecule has 1 saturated carbocycles. The number of carbonyl (C=O) groups excluding carboxylic acids is 1. The van der Waals surface area contributed by atoms with Crippen LogP contribution in [-0.4, -0.2) is 11.6 Å². The predicted octanol–water partition coefficient (Wildman–Crippen LogP) is 2.90. The van der Waals surface area contributed by atoms with Crippen molar-refractivity contribution in [3.05, 3.63) is 0 Å². The summed E-state index contributed by atoms with van der Waals surface area (Å²) in [6.45, 7) is 7.72. The molecule has 0 amide bonds. The van der Waals surface area contributed by atoms with Gasteiger partial charge in [0, 0.05) is 13.3 Å². The number of ether oxygens (including phenoxy) is 1. The van der Waals surface area contributed by atoms with Crippen molar-refractivity contribution in [3.63, 3.8) is 0 Å². The van der Waals surface area contributed by atoms with Crippen molar-refractivity contribution in [2.24, 2.45) is 17.8 Å². The van der Waals surface area contributed by atoms with Crippen LogP contribution in [0.1, 0.15) is 47.0 Å². The Morgan fingerprint density at radius 3 is 2.81 bits per heavy atom. The Morgan fingerprint density at radius 1 is 1.69 bits per heavy atom. The third kappa shape index (κ3) is 2.55. The highest BCUT2D eigenvalue weighted by atomic mass is 16.6. The number of esters is 1. The molecule has 1 fully saturated rings. The van der Waals surface area contributed by atoms with Crippen molar-refractivity contribution in [1.82, 2.24) is 0 Å². The van der Waals surface area contributed by atoms with Gasteiger partial charge in [0.25, 0.3) is 0 Å². The molecule has 1 rings (SSSR count). The molecule has 0 saturated heterocycles. The van der Waals surface area contributed by atoms with E-state index in [1.165, 1.54) is 6.92 Å². The van der Waals surface area contributed by atoms with Gasteiger partial charge in [0.2, 0.25) is 0 Å². The van der Waals surface area contributed by atoms with Crippen LogP contribution in [0.2, 0.25) is 0 Å². The van der Waals surface area contributed by atoms with Gasteiger partial charge in [-0.05, 0) is 37.5 Å². The summed E-state index contributed by atoms with van der Waals surface area (Å²) >= 11 is 0. The highest BCUT2D eigenvalue weighted by Crippen LogP contribution is 2.46. The Morgan fingerprint density at radius 2 is 2.31 bits per heavy atom. The predicted molar refractivity (Wildman–Crippen MR) is 61.5 cm³/mol. The van der Waals surface area contributed by atoms with Gasteiger partial charge < -0.3 is 4.74 Å². The molecule has 4 unspecified atom stereocenters. The van der Waals surface area contributed by atoms with Crippen LogP contribution in [0, 0.1) is 29.1 Å². The fraction of sp³-hybridized carbons (Fsp3) is 0.846. The van der Waals surface area contributed by atoms with Gasteiger partial charge in [0.05, 0.1) is 6.07 Å². The third-order valence-electron chi connectivity index (χ3n) is 4.10. The van der Waals surface area contributed by atoms with Crippen LogP contribution in [0.4, 0.5) is 0 Å². The summed E-state index contributed by atoms with van der Waals surface area (Å²) in [6.07, 6.45) is 2.55. The average Bonchev–Trinajstić information content (AvgIpc) is 2.43. The molecular formula is C13H21NO2. The summed E-state index contributed by atoms with van der Waals surface area (Å²) in [5, 5.41) is 8.72. The smallest absolute Gasteiger partial charge is 0.303 e. The number of rotatable bonds is 3. The van der Waals surface area contributed by atoms with Crippen molar-refractivity contribution in [2.75, 3.05) is 0 Å². The molecule has 1 aliphatic carbocycles. The lowest BCUT2D eigenvalue weighted by molar-refractivity contribution is -0.159. The van der Waals surface area contributed by atoms with Crippen molar-refractivity contribution in [2.45, 2.75) is 52.6 Å². The third-order valence-corrected chi connectivity index (χ3v) is 4.10. The molecule has 0 bridgehead atoms. The van der Waals surface area contributed by atoms with Crippen LogP contribution in [0.3, 0.4) is 0 Å². The molecule has 0 aliphatic heterocycles. The first kappa shape index (κ1) is 13.0. The zero-order valence-corrected chi connectivity index (χ0v) is 10.6. The summed E-state index contributed by atoms with van der Waals surface area (Å²) < 4.78 is 5.45. The van der Waals surface area contributed by atoms with Crippen molar-refractivity contribution in [3.8, 4) is 6.07 Å². The van der Waals surface area contributed by atoms with E-state index in [4.69, 9.17) is 10.00 Å². The molecule has 3 heteroatoms. The second kappa shape index (κ2) is 4.86. The van der Waals surface area contributed by atoms with Gasteiger partial charge >= 0.3 is 5.97 Å². The minimum atomic E-state index is -0.333. The van der Waals surface area contributed by atoms with E-state index >= 15 is 0 Å². The highest BCUT2D eigenvalue weighted by molar-refractivity contribution is 5.66. The molecule has 1 aliphatic rings. The zero-order valence-electron chi connectivity index (χ0n) is 10.6. The fourth-order valence-corrected chi connectivity index (χ4v) is 2.93. The van der Waals surface area contributed by atoms with Gasteiger partial charge in [-0.25, -0.2) is 0 Å². The average molecular weight is 223 g/mol. The molecule has 0 aromatic rings. The lowest BCUT2D eigenvalue weighted by Crippen LogP contribution is -2.36. The summed E-state index contributed by atoms with van der Waals surface area (Å²) in [6, 6.07) is 2.23. The second-order valence-corrected chi connectivity index (χ2v) is 5.24. The van der Waals surface area contributed by atoms with E-state index in [1.54, 1.807) is 0 Å². The summed E-state index contributed by atoms with van der Waals surface area (Å²) in [5.41, 5.74) is -0.333. The van der Waals surface area contributed by atoms with Gasteiger partial charge in [0.1, 0.15) is 5.60 Å². The SMILES string of the molecule is CC(=O)OC1(C)CCC(C(C)CC#N)C1C. The molecule has 4 atom stereocenters. The van der Waals surface area contributed by atoms with Gasteiger partial charge in [-0.15, -0.1) is 0 Å². The van der Waals surface area contributed by atoms with E-state index in [0.717, 1.165) is 12.8 Å². The molecule has 0 N–H and O–H groups in total. The van der Waals surface area contributed by atoms with Crippen LogP contribution in [-0.2, 0) is 9.53 Å². The second-order valence-electron chi connectivity index (χ2n) is 5.24. The number of hydrogen-bond donors (Lipinski definition) is 0. The van der Waals surface area contributed by atoms with Crippen molar-refractivity contribution >= 4 is 5.97 Å². The van der Waals surface area contributed by atoms with Crippen LogP contribution in [0.25, 0.3) is 0 Å². The van der Waals surface area contributed by atoms with E-state index in [0.29, 0.717) is 24.2 Å². The van der Waals surface area contributed by atoms with E-state index in [2.05, 4.69) is 19.9 Å². The van der Waals surface area contributed by atoms with Crippen LogP contribution < -0.4 is 0 Å². The Hall–Kier alpha value is -1.04. The molecule has 0 radical (unpaired) electrons. The first-order valence-corrected chi connectivity index (χ1v) is 5.97. The minimum absolute atomic E-state index is 0.206. The number of nitrogens with zero attached hydrogens (tertiary/aromatic N) is 1. The maximum Gasteiger partial charge on any atom is 0.303 e. The summed E-state index contributed by atoms with van der Waals surface area (Å²) in [7, 11) is 0. The first-order valence-electron chi connectivity index (χ1n) is 5.97. The number of carbonyl (C=O) groups is 1. The monoisotopic (exact) mass is 223 g/mol. The maximum atomic E-state index is 11.1. The Labute approximate surface area is 97.8 Å². The topological polar surface area (TPSA) is 50.1 Å². The number of nitriles is 1. The fourth-order valence-electron chi connectivity index (χ4n) is 2.93. The molecule has 0 aromatic heterocycles. The molecule has 0 spiro atoms. The zero-order chi connectivity index (χ0) is 12.3.